The van der Waals surface area contributed by atoms with E-state index in [1.54, 1.807) is 13.2 Å². The van der Waals surface area contributed by atoms with E-state index in [-0.39, 0.29) is 12.0 Å². The lowest BCUT2D eigenvalue weighted by Crippen LogP contribution is -2.45. The van der Waals surface area contributed by atoms with E-state index in [1.807, 2.05) is 17.0 Å². The molecule has 1 aliphatic rings. The molecule has 0 aromatic heterocycles. The maximum atomic E-state index is 12.5. The van der Waals surface area contributed by atoms with Crippen molar-refractivity contribution in [2.24, 2.45) is 0 Å². The second kappa shape index (κ2) is 6.39. The third-order valence-electron chi connectivity index (χ3n) is 3.29. The standard InChI is InChI=1S/C14H18BrNO3/c1-3-10-9-16(6-7-19-10)14(17)12-8-11(18-2)4-5-13(12)15/h4-5,8,10H,3,6-7,9H2,1-2H3. The number of hydrogen-bond donors (Lipinski definition) is 0. The zero-order chi connectivity index (χ0) is 13.8. The second-order valence-electron chi connectivity index (χ2n) is 4.50. The van der Waals surface area contributed by atoms with Gasteiger partial charge in [0.2, 0.25) is 0 Å². The van der Waals surface area contributed by atoms with E-state index in [9.17, 15) is 4.79 Å². The molecule has 0 spiro atoms. The van der Waals surface area contributed by atoms with Gasteiger partial charge in [0.25, 0.3) is 5.91 Å². The Labute approximate surface area is 121 Å². The minimum absolute atomic E-state index is 0.0209. The molecule has 4 nitrogen and oxygen atoms in total. The van der Waals surface area contributed by atoms with Crippen molar-refractivity contribution < 1.29 is 14.3 Å². The summed E-state index contributed by atoms with van der Waals surface area (Å²) in [6, 6.07) is 5.43. The van der Waals surface area contributed by atoms with E-state index in [4.69, 9.17) is 9.47 Å². The van der Waals surface area contributed by atoms with Gasteiger partial charge in [-0.15, -0.1) is 0 Å². The van der Waals surface area contributed by atoms with E-state index in [0.29, 0.717) is 31.0 Å². The number of benzene rings is 1. The van der Waals surface area contributed by atoms with E-state index >= 15 is 0 Å². The quantitative estimate of drug-likeness (QED) is 0.856. The Balaban J connectivity index is 2.18. The molecule has 1 aromatic rings. The van der Waals surface area contributed by atoms with Gasteiger partial charge in [0.15, 0.2) is 0 Å². The van der Waals surface area contributed by atoms with Crippen LogP contribution in [0.25, 0.3) is 0 Å². The van der Waals surface area contributed by atoms with Gasteiger partial charge in [-0.05, 0) is 40.5 Å². The van der Waals surface area contributed by atoms with Gasteiger partial charge >= 0.3 is 0 Å². The highest BCUT2D eigenvalue weighted by molar-refractivity contribution is 9.10. The van der Waals surface area contributed by atoms with Crippen LogP contribution in [0, 0.1) is 0 Å². The summed E-state index contributed by atoms with van der Waals surface area (Å²) in [5.74, 6) is 0.708. The van der Waals surface area contributed by atoms with E-state index in [2.05, 4.69) is 22.9 Å². The lowest BCUT2D eigenvalue weighted by molar-refractivity contribution is -0.0226. The second-order valence-corrected chi connectivity index (χ2v) is 5.35. The van der Waals surface area contributed by atoms with E-state index < -0.39 is 0 Å². The minimum Gasteiger partial charge on any atom is -0.497 e. The number of methoxy groups -OCH3 is 1. The SMILES string of the molecule is CCC1CN(C(=O)c2cc(OC)ccc2Br)CCO1. The number of ether oxygens (including phenoxy) is 2. The molecule has 1 fully saturated rings. The molecule has 1 saturated heterocycles. The third-order valence-corrected chi connectivity index (χ3v) is 3.98. The minimum atomic E-state index is 0.0209. The largest absolute Gasteiger partial charge is 0.497 e. The summed E-state index contributed by atoms with van der Waals surface area (Å²) in [6.45, 7) is 3.96. The van der Waals surface area contributed by atoms with Crippen molar-refractivity contribution in [1.29, 1.82) is 0 Å². The van der Waals surface area contributed by atoms with Crippen LogP contribution in [0.4, 0.5) is 0 Å². The van der Waals surface area contributed by atoms with E-state index in [1.165, 1.54) is 0 Å². The van der Waals surface area contributed by atoms with Gasteiger partial charge in [0.05, 0.1) is 25.4 Å². The zero-order valence-electron chi connectivity index (χ0n) is 11.2. The number of carbonyl (C=O) groups is 1. The number of hydrogen-bond acceptors (Lipinski definition) is 3. The zero-order valence-corrected chi connectivity index (χ0v) is 12.8. The summed E-state index contributed by atoms with van der Waals surface area (Å²) in [4.78, 5) is 14.4. The molecule has 1 aromatic carbocycles. The van der Waals surface area contributed by atoms with Crippen molar-refractivity contribution >= 4 is 21.8 Å². The molecule has 1 atom stereocenters. The van der Waals surface area contributed by atoms with Crippen molar-refractivity contribution in [3.8, 4) is 5.75 Å². The topological polar surface area (TPSA) is 38.8 Å². The molecule has 104 valence electrons. The normalized spacial score (nSPS) is 19.3. The van der Waals surface area contributed by atoms with Gasteiger partial charge in [-0.25, -0.2) is 0 Å². The number of amides is 1. The summed E-state index contributed by atoms with van der Waals surface area (Å²) in [5.41, 5.74) is 0.635. The van der Waals surface area contributed by atoms with Crippen LogP contribution in [-0.2, 0) is 4.74 Å². The highest BCUT2D eigenvalue weighted by Gasteiger charge is 2.25. The molecule has 0 radical (unpaired) electrons. The molecular weight excluding hydrogens is 310 g/mol. The van der Waals surface area contributed by atoms with Crippen LogP contribution < -0.4 is 4.74 Å². The van der Waals surface area contributed by atoms with Crippen molar-refractivity contribution in [3.63, 3.8) is 0 Å². The van der Waals surface area contributed by atoms with Crippen LogP contribution in [0.3, 0.4) is 0 Å². The molecule has 1 unspecified atom stereocenters. The van der Waals surface area contributed by atoms with Crippen LogP contribution in [0.1, 0.15) is 23.7 Å². The summed E-state index contributed by atoms with van der Waals surface area (Å²) in [5, 5.41) is 0. The van der Waals surface area contributed by atoms with E-state index in [0.717, 1.165) is 10.9 Å². The Bertz CT molecular complexity index is 464. The van der Waals surface area contributed by atoms with Crippen molar-refractivity contribution in [3.05, 3.63) is 28.2 Å². The Hall–Kier alpha value is -1.07. The van der Waals surface area contributed by atoms with Gasteiger partial charge in [-0.3, -0.25) is 4.79 Å². The monoisotopic (exact) mass is 327 g/mol. The predicted molar refractivity (Wildman–Crippen MR) is 76.6 cm³/mol. The van der Waals surface area contributed by atoms with Crippen LogP contribution in [0.5, 0.6) is 5.75 Å². The number of carbonyl (C=O) groups excluding carboxylic acids is 1. The molecule has 1 heterocycles. The Morgan fingerprint density at radius 1 is 1.58 bits per heavy atom. The summed E-state index contributed by atoms with van der Waals surface area (Å²) in [6.07, 6.45) is 1.06. The van der Waals surface area contributed by atoms with Crippen LogP contribution in [0.2, 0.25) is 0 Å². The first-order valence-electron chi connectivity index (χ1n) is 6.40. The lowest BCUT2D eigenvalue weighted by Gasteiger charge is -2.32. The number of nitrogens with zero attached hydrogens (tertiary/aromatic N) is 1. The van der Waals surface area contributed by atoms with Crippen molar-refractivity contribution in [2.75, 3.05) is 26.8 Å². The smallest absolute Gasteiger partial charge is 0.255 e. The maximum Gasteiger partial charge on any atom is 0.255 e. The molecule has 0 saturated carbocycles. The molecule has 5 heteroatoms. The summed E-state index contributed by atoms with van der Waals surface area (Å²) >= 11 is 3.42. The average molecular weight is 328 g/mol. The van der Waals surface area contributed by atoms with Crippen LogP contribution >= 0.6 is 15.9 Å². The Morgan fingerprint density at radius 2 is 2.37 bits per heavy atom. The number of morpholine rings is 1. The van der Waals surface area contributed by atoms with Gasteiger partial charge < -0.3 is 14.4 Å². The van der Waals surface area contributed by atoms with Crippen molar-refractivity contribution in [2.45, 2.75) is 19.4 Å². The molecule has 0 aliphatic carbocycles. The molecule has 19 heavy (non-hydrogen) atoms. The van der Waals surface area contributed by atoms with Gasteiger partial charge in [-0.2, -0.15) is 0 Å². The number of rotatable bonds is 3. The fraction of sp³-hybridized carbons (Fsp3) is 0.500. The molecule has 2 rings (SSSR count). The fourth-order valence-corrected chi connectivity index (χ4v) is 2.53. The first-order chi connectivity index (χ1) is 9.15. The van der Waals surface area contributed by atoms with Crippen LogP contribution in [0.15, 0.2) is 22.7 Å². The molecule has 0 bridgehead atoms. The van der Waals surface area contributed by atoms with Gasteiger partial charge in [-0.1, -0.05) is 6.92 Å². The molecular formula is C14H18BrNO3. The maximum absolute atomic E-state index is 12.5. The highest BCUT2D eigenvalue weighted by atomic mass is 79.9. The predicted octanol–water partition coefficient (Wildman–Crippen LogP) is 2.71. The first-order valence-corrected chi connectivity index (χ1v) is 7.19. The molecule has 1 amide bonds. The van der Waals surface area contributed by atoms with Gasteiger partial charge in [0.1, 0.15) is 5.75 Å². The molecule has 0 N–H and O–H groups in total. The number of halogens is 1. The Morgan fingerprint density at radius 3 is 3.05 bits per heavy atom. The fourth-order valence-electron chi connectivity index (χ4n) is 2.12. The lowest BCUT2D eigenvalue weighted by atomic mass is 10.1. The van der Waals surface area contributed by atoms with Gasteiger partial charge in [0, 0.05) is 17.6 Å². The summed E-state index contributed by atoms with van der Waals surface area (Å²) < 4.78 is 11.6. The highest BCUT2D eigenvalue weighted by Crippen LogP contribution is 2.24. The van der Waals surface area contributed by atoms with Crippen molar-refractivity contribution in [1.82, 2.24) is 4.90 Å². The van der Waals surface area contributed by atoms with Crippen LogP contribution in [-0.4, -0.2) is 43.7 Å². The summed E-state index contributed by atoms with van der Waals surface area (Å²) in [7, 11) is 1.60. The molecule has 1 aliphatic heterocycles. The third kappa shape index (κ3) is 3.28. The average Bonchev–Trinajstić information content (AvgIpc) is 2.47. The first kappa shape index (κ1) is 14.3. The Kier molecular flexibility index (Phi) is 4.82.